The van der Waals surface area contributed by atoms with Crippen molar-refractivity contribution < 1.29 is 9.59 Å². The molecule has 2 aromatic carbocycles. The zero-order valence-corrected chi connectivity index (χ0v) is 13.9. The normalized spacial score (nSPS) is 10.0. The third kappa shape index (κ3) is 4.04. The first kappa shape index (κ1) is 15.5. The van der Waals surface area contributed by atoms with Gasteiger partial charge in [0, 0.05) is 34.5 Å². The van der Waals surface area contributed by atoms with Gasteiger partial charge in [-0.15, -0.1) is 0 Å². The van der Waals surface area contributed by atoms with Gasteiger partial charge in [0.1, 0.15) is 0 Å². The summed E-state index contributed by atoms with van der Waals surface area (Å²) in [5, 5.41) is 2.84. The number of halogens is 1. The Bertz CT molecular complexity index is 668. The lowest BCUT2D eigenvalue weighted by atomic mass is 10.2. The smallest absolute Gasteiger partial charge is 0.255 e. The lowest BCUT2D eigenvalue weighted by Gasteiger charge is -2.15. The van der Waals surface area contributed by atoms with Gasteiger partial charge >= 0.3 is 0 Å². The van der Waals surface area contributed by atoms with Crippen molar-refractivity contribution in [3.8, 4) is 0 Å². The number of carbonyl (C=O) groups excluding carboxylic acids is 2. The third-order valence-corrected chi connectivity index (χ3v) is 3.74. The topological polar surface area (TPSA) is 49.4 Å². The zero-order valence-electron chi connectivity index (χ0n) is 11.8. The average molecular weight is 394 g/mol. The molecule has 21 heavy (non-hydrogen) atoms. The first-order valence-electron chi connectivity index (χ1n) is 6.38. The van der Waals surface area contributed by atoms with Gasteiger partial charge in [-0.1, -0.05) is 6.07 Å². The molecule has 108 valence electrons. The van der Waals surface area contributed by atoms with Gasteiger partial charge in [-0.05, 0) is 65.1 Å². The molecule has 2 aromatic rings. The summed E-state index contributed by atoms with van der Waals surface area (Å²) < 4.78 is 1.01. The highest BCUT2D eigenvalue weighted by molar-refractivity contribution is 14.1. The second-order valence-corrected chi connectivity index (χ2v) is 5.84. The summed E-state index contributed by atoms with van der Waals surface area (Å²) in [6, 6.07) is 14.5. The molecular weight excluding hydrogens is 379 g/mol. The fraction of sp³-hybridized carbons (Fsp3) is 0.125. The third-order valence-electron chi connectivity index (χ3n) is 3.07. The van der Waals surface area contributed by atoms with Crippen molar-refractivity contribution in [3.05, 3.63) is 57.7 Å². The lowest BCUT2D eigenvalue weighted by Crippen LogP contribution is -2.22. The van der Waals surface area contributed by atoms with Gasteiger partial charge in [0.05, 0.1) is 0 Å². The Morgan fingerprint density at radius 1 is 1.10 bits per heavy atom. The zero-order chi connectivity index (χ0) is 15.4. The maximum Gasteiger partial charge on any atom is 0.255 e. The number of rotatable bonds is 3. The highest BCUT2D eigenvalue weighted by Gasteiger charge is 2.08. The Morgan fingerprint density at radius 3 is 2.33 bits per heavy atom. The van der Waals surface area contributed by atoms with E-state index in [1.54, 1.807) is 42.3 Å². The molecule has 0 aliphatic rings. The molecule has 4 nitrogen and oxygen atoms in total. The Kier molecular flexibility index (Phi) is 4.95. The number of nitrogens with one attached hydrogen (secondary N) is 1. The predicted molar refractivity (Wildman–Crippen MR) is 92.6 cm³/mol. The minimum atomic E-state index is -0.152. The lowest BCUT2D eigenvalue weighted by molar-refractivity contribution is -0.116. The van der Waals surface area contributed by atoms with Crippen LogP contribution in [0.4, 0.5) is 11.4 Å². The van der Waals surface area contributed by atoms with E-state index in [1.807, 2.05) is 18.2 Å². The van der Waals surface area contributed by atoms with E-state index in [9.17, 15) is 9.59 Å². The quantitative estimate of drug-likeness (QED) is 0.810. The van der Waals surface area contributed by atoms with Gasteiger partial charge in [-0.2, -0.15) is 0 Å². The summed E-state index contributed by atoms with van der Waals surface area (Å²) in [7, 11) is 1.71. The number of hydrogen-bond acceptors (Lipinski definition) is 2. The van der Waals surface area contributed by atoms with Crippen molar-refractivity contribution in [1.29, 1.82) is 0 Å². The van der Waals surface area contributed by atoms with E-state index in [1.165, 1.54) is 6.92 Å². The summed E-state index contributed by atoms with van der Waals surface area (Å²) in [5.74, 6) is -0.188. The van der Waals surface area contributed by atoms with Crippen molar-refractivity contribution in [2.75, 3.05) is 17.3 Å². The molecule has 0 spiro atoms. The van der Waals surface area contributed by atoms with Crippen molar-refractivity contribution in [2.24, 2.45) is 0 Å². The Balaban J connectivity index is 2.10. The molecule has 0 atom stereocenters. The molecule has 0 saturated heterocycles. The van der Waals surface area contributed by atoms with Crippen molar-refractivity contribution in [1.82, 2.24) is 0 Å². The molecule has 0 bridgehead atoms. The first-order chi connectivity index (χ1) is 9.97. The van der Waals surface area contributed by atoms with E-state index in [4.69, 9.17) is 0 Å². The highest BCUT2D eigenvalue weighted by atomic mass is 127. The Labute approximate surface area is 137 Å². The maximum absolute atomic E-state index is 12.1. The summed E-state index contributed by atoms with van der Waals surface area (Å²) in [6.07, 6.45) is 0. The van der Waals surface area contributed by atoms with Crippen LogP contribution in [0.1, 0.15) is 17.3 Å². The second-order valence-electron chi connectivity index (χ2n) is 4.59. The average Bonchev–Trinajstić information content (AvgIpc) is 2.47. The van der Waals surface area contributed by atoms with Gasteiger partial charge in [0.15, 0.2) is 0 Å². The van der Waals surface area contributed by atoms with Crippen LogP contribution in [0.5, 0.6) is 0 Å². The monoisotopic (exact) mass is 394 g/mol. The van der Waals surface area contributed by atoms with Crippen molar-refractivity contribution in [3.63, 3.8) is 0 Å². The minimum Gasteiger partial charge on any atom is -0.322 e. The van der Waals surface area contributed by atoms with E-state index in [2.05, 4.69) is 27.9 Å². The minimum absolute atomic E-state index is 0.0364. The molecule has 2 rings (SSSR count). The first-order valence-corrected chi connectivity index (χ1v) is 7.46. The van der Waals surface area contributed by atoms with Crippen molar-refractivity contribution >= 4 is 45.8 Å². The van der Waals surface area contributed by atoms with Crippen molar-refractivity contribution in [2.45, 2.75) is 6.92 Å². The van der Waals surface area contributed by atoms with Crippen LogP contribution in [0.25, 0.3) is 0 Å². The van der Waals surface area contributed by atoms with Crippen LogP contribution in [0.15, 0.2) is 48.5 Å². The molecule has 2 amide bonds. The summed E-state index contributed by atoms with van der Waals surface area (Å²) in [4.78, 5) is 24.9. The summed E-state index contributed by atoms with van der Waals surface area (Å²) in [5.41, 5.74) is 2.10. The van der Waals surface area contributed by atoms with Crippen LogP contribution in [-0.4, -0.2) is 18.9 Å². The standard InChI is InChI=1S/C16H15IN2O2/c1-11(20)19(2)15-8-6-14(7-9-15)18-16(21)12-4-3-5-13(17)10-12/h3-10H,1-2H3,(H,18,21). The van der Waals surface area contributed by atoms with Crippen LogP contribution >= 0.6 is 22.6 Å². The van der Waals surface area contributed by atoms with E-state index < -0.39 is 0 Å². The van der Waals surface area contributed by atoms with Gasteiger partial charge < -0.3 is 10.2 Å². The van der Waals surface area contributed by atoms with E-state index in [0.29, 0.717) is 11.3 Å². The largest absolute Gasteiger partial charge is 0.322 e. The van der Waals surface area contributed by atoms with Gasteiger partial charge in [0.25, 0.3) is 5.91 Å². The second kappa shape index (κ2) is 6.71. The fourth-order valence-electron chi connectivity index (χ4n) is 1.78. The van der Waals surface area contributed by atoms with Crippen LogP contribution in [-0.2, 0) is 4.79 Å². The molecule has 0 saturated carbocycles. The number of amides is 2. The van der Waals surface area contributed by atoms with Gasteiger partial charge in [-0.3, -0.25) is 9.59 Å². The number of hydrogen-bond donors (Lipinski definition) is 1. The molecule has 0 aliphatic heterocycles. The molecular formula is C16H15IN2O2. The molecule has 0 fully saturated rings. The Hall–Kier alpha value is -1.89. The molecule has 1 N–H and O–H groups in total. The number of benzene rings is 2. The molecule has 5 heteroatoms. The van der Waals surface area contributed by atoms with E-state index >= 15 is 0 Å². The van der Waals surface area contributed by atoms with Gasteiger partial charge in [-0.25, -0.2) is 0 Å². The number of carbonyl (C=O) groups is 2. The molecule has 0 aromatic heterocycles. The maximum atomic E-state index is 12.1. The molecule has 0 unspecified atom stereocenters. The molecule has 0 radical (unpaired) electrons. The predicted octanol–water partition coefficient (Wildman–Crippen LogP) is 3.53. The Morgan fingerprint density at radius 2 is 1.76 bits per heavy atom. The summed E-state index contributed by atoms with van der Waals surface area (Å²) >= 11 is 2.17. The van der Waals surface area contributed by atoms with Crippen LogP contribution < -0.4 is 10.2 Å². The molecule has 0 heterocycles. The SMILES string of the molecule is CC(=O)N(C)c1ccc(NC(=O)c2cccc(I)c2)cc1. The molecule has 0 aliphatic carbocycles. The van der Waals surface area contributed by atoms with Crippen LogP contribution in [0.2, 0.25) is 0 Å². The highest BCUT2D eigenvalue weighted by Crippen LogP contribution is 2.18. The van der Waals surface area contributed by atoms with Crippen LogP contribution in [0.3, 0.4) is 0 Å². The van der Waals surface area contributed by atoms with E-state index in [0.717, 1.165) is 9.26 Å². The summed E-state index contributed by atoms with van der Waals surface area (Å²) in [6.45, 7) is 1.51. The van der Waals surface area contributed by atoms with E-state index in [-0.39, 0.29) is 11.8 Å². The number of anilines is 2. The number of nitrogens with zero attached hydrogens (tertiary/aromatic N) is 1. The van der Waals surface area contributed by atoms with Gasteiger partial charge in [0.2, 0.25) is 5.91 Å². The fourth-order valence-corrected chi connectivity index (χ4v) is 2.33. The van der Waals surface area contributed by atoms with Crippen LogP contribution in [0, 0.1) is 3.57 Å².